The van der Waals surface area contributed by atoms with Gasteiger partial charge in [0.1, 0.15) is 17.2 Å². The first-order valence-electron chi connectivity index (χ1n) is 10.3. The minimum atomic E-state index is -3.17. The number of hydrogen-bond acceptors (Lipinski definition) is 7. The Bertz CT molecular complexity index is 846. The molecule has 0 radical (unpaired) electrons. The zero-order valence-corrected chi connectivity index (χ0v) is 17.5. The third-order valence-corrected chi connectivity index (χ3v) is 5.80. The predicted molar refractivity (Wildman–Crippen MR) is 103 cm³/mol. The number of hydroxylamine groups is 1. The zero-order chi connectivity index (χ0) is 23.6. The highest BCUT2D eigenvalue weighted by Crippen LogP contribution is 2.35. The number of halogens is 2. The molecule has 2 fully saturated rings. The smallest absolute Gasteiger partial charge is 0.449 e. The van der Waals surface area contributed by atoms with Gasteiger partial charge in [-0.05, 0) is 12.8 Å². The van der Waals surface area contributed by atoms with E-state index in [9.17, 15) is 23.2 Å². The van der Waals surface area contributed by atoms with Gasteiger partial charge in [0.05, 0.1) is 6.07 Å². The molecule has 1 aliphatic carbocycles. The average Bonchev–Trinajstić information content (AvgIpc) is 3.41. The van der Waals surface area contributed by atoms with E-state index >= 15 is 0 Å². The first-order chi connectivity index (χ1) is 15.0. The van der Waals surface area contributed by atoms with Crippen molar-refractivity contribution in [1.29, 1.82) is 5.26 Å². The Morgan fingerprint density at radius 3 is 2.56 bits per heavy atom. The molecule has 3 amide bonds. The van der Waals surface area contributed by atoms with Crippen molar-refractivity contribution in [2.75, 3.05) is 13.1 Å². The molecule has 1 saturated heterocycles. The minimum Gasteiger partial charge on any atom is -0.449 e. The van der Waals surface area contributed by atoms with Crippen LogP contribution in [-0.2, 0) is 14.4 Å². The number of carboxylic acid groups (broad SMARTS) is 1. The van der Waals surface area contributed by atoms with E-state index in [1.54, 1.807) is 0 Å². The van der Waals surface area contributed by atoms with E-state index in [4.69, 9.17) is 15.2 Å². The highest BCUT2D eigenvalue weighted by atomic mass is 19.3. The van der Waals surface area contributed by atoms with Crippen molar-refractivity contribution >= 4 is 18.1 Å². The Morgan fingerprint density at radius 2 is 2.03 bits per heavy atom. The molecular formula is C19H25F2N5O6. The van der Waals surface area contributed by atoms with E-state index in [-0.39, 0.29) is 19.0 Å². The molecule has 0 aromatic rings. The molecule has 1 spiro atoms. The topological polar surface area (TPSA) is 153 Å². The molecule has 0 unspecified atom stereocenters. The van der Waals surface area contributed by atoms with Crippen molar-refractivity contribution in [3.05, 3.63) is 12.0 Å². The summed E-state index contributed by atoms with van der Waals surface area (Å²) in [5.74, 6) is -4.06. The monoisotopic (exact) mass is 457 g/mol. The van der Waals surface area contributed by atoms with Crippen LogP contribution in [-0.4, -0.2) is 64.3 Å². The van der Waals surface area contributed by atoms with Crippen molar-refractivity contribution < 1.29 is 37.8 Å². The summed E-state index contributed by atoms with van der Waals surface area (Å²) in [6.45, 7) is 1.63. The lowest BCUT2D eigenvalue weighted by atomic mass is 9.91. The van der Waals surface area contributed by atoms with E-state index in [2.05, 4.69) is 20.9 Å². The number of piperidine rings is 1. The highest BCUT2D eigenvalue weighted by Gasteiger charge is 2.47. The van der Waals surface area contributed by atoms with Crippen LogP contribution in [0.5, 0.6) is 0 Å². The number of carbonyl (C=O) groups is 3. The van der Waals surface area contributed by atoms with E-state index < -0.39 is 54.0 Å². The van der Waals surface area contributed by atoms with Crippen molar-refractivity contribution in [2.45, 2.75) is 68.6 Å². The normalized spacial score (nSPS) is 21.6. The zero-order valence-electron chi connectivity index (χ0n) is 17.5. The predicted octanol–water partition coefficient (Wildman–Crippen LogP) is 1.58. The highest BCUT2D eigenvalue weighted by molar-refractivity contribution is 5.88. The molecule has 2 heterocycles. The Morgan fingerprint density at radius 1 is 1.38 bits per heavy atom. The first-order valence-corrected chi connectivity index (χ1v) is 10.3. The Labute approximate surface area is 182 Å². The number of carbonyl (C=O) groups excluding carboxylic acids is 2. The van der Waals surface area contributed by atoms with Gasteiger partial charge in [0.2, 0.25) is 17.7 Å². The number of urea groups is 1. The van der Waals surface area contributed by atoms with Crippen LogP contribution in [0.25, 0.3) is 0 Å². The third-order valence-electron chi connectivity index (χ3n) is 5.80. The standard InChI is InChI=1S/C19H25F2N5O6/c1-2-19(20,21)9-12(14(27)24-17(11-22)3-4-17)23-15(28)26-7-5-18(6-8-26)10-13(25-32-18)31-16(29)30/h10,12,25H,2-9H2,1H3,(H,23,28)(H,24,27)(H,29,30)/t12-/m0/s1. The molecule has 1 atom stereocenters. The van der Waals surface area contributed by atoms with Crippen LogP contribution < -0.4 is 16.1 Å². The fraction of sp³-hybridized carbons (Fsp3) is 0.684. The second kappa shape index (κ2) is 8.78. The van der Waals surface area contributed by atoms with E-state index in [1.807, 2.05) is 6.07 Å². The molecule has 3 aliphatic rings. The van der Waals surface area contributed by atoms with Crippen molar-refractivity contribution in [3.63, 3.8) is 0 Å². The Balaban J connectivity index is 1.60. The average molecular weight is 457 g/mol. The van der Waals surface area contributed by atoms with Gasteiger partial charge in [-0.25, -0.2) is 23.9 Å². The van der Waals surface area contributed by atoms with Gasteiger partial charge >= 0.3 is 12.2 Å². The van der Waals surface area contributed by atoms with Gasteiger partial charge in [-0.3, -0.25) is 9.63 Å². The van der Waals surface area contributed by atoms with Crippen molar-refractivity contribution in [2.24, 2.45) is 0 Å². The lowest BCUT2D eigenvalue weighted by molar-refractivity contribution is -0.126. The molecule has 32 heavy (non-hydrogen) atoms. The number of ether oxygens (including phenoxy) is 1. The maximum absolute atomic E-state index is 14.0. The SMILES string of the molecule is CCC(F)(F)C[C@H](NC(=O)N1CCC2(C=C(OC(=O)O)NO2)CC1)C(=O)NC1(C#N)CC1. The lowest BCUT2D eigenvalue weighted by Crippen LogP contribution is -2.57. The van der Waals surface area contributed by atoms with Crippen LogP contribution in [0, 0.1) is 11.3 Å². The molecular weight excluding hydrogens is 432 g/mol. The number of amides is 3. The number of nitrogens with one attached hydrogen (secondary N) is 3. The number of nitriles is 1. The van der Waals surface area contributed by atoms with Crippen molar-refractivity contribution in [3.8, 4) is 6.07 Å². The van der Waals surface area contributed by atoms with Crippen LogP contribution in [0.15, 0.2) is 12.0 Å². The minimum absolute atomic E-state index is 0.0690. The van der Waals surface area contributed by atoms with Gasteiger partial charge in [0.25, 0.3) is 0 Å². The largest absolute Gasteiger partial charge is 0.512 e. The number of rotatable bonds is 7. The second-order valence-electron chi connectivity index (χ2n) is 8.23. The molecule has 4 N–H and O–H groups in total. The molecule has 0 aromatic carbocycles. The van der Waals surface area contributed by atoms with Crippen molar-refractivity contribution in [1.82, 2.24) is 21.0 Å². The lowest BCUT2D eigenvalue weighted by Gasteiger charge is -2.37. The molecule has 176 valence electrons. The molecule has 0 aromatic heterocycles. The maximum Gasteiger partial charge on any atom is 0.512 e. The van der Waals surface area contributed by atoms with Gasteiger partial charge in [-0.15, -0.1) is 0 Å². The summed E-state index contributed by atoms with van der Waals surface area (Å²) in [4.78, 5) is 42.7. The number of nitrogens with zero attached hydrogens (tertiary/aromatic N) is 2. The van der Waals surface area contributed by atoms with E-state index in [0.717, 1.165) is 0 Å². The Kier molecular flexibility index (Phi) is 6.45. The molecule has 1 saturated carbocycles. The quantitative estimate of drug-likeness (QED) is 0.420. The fourth-order valence-electron chi connectivity index (χ4n) is 3.53. The van der Waals surface area contributed by atoms with Crippen LogP contribution in [0.2, 0.25) is 0 Å². The van der Waals surface area contributed by atoms with Gasteiger partial charge < -0.3 is 25.4 Å². The number of hydrogen-bond donors (Lipinski definition) is 4. The summed E-state index contributed by atoms with van der Waals surface area (Å²) in [6.07, 6.45) is 0.0433. The van der Waals surface area contributed by atoms with Gasteiger partial charge in [-0.1, -0.05) is 6.92 Å². The second-order valence-corrected chi connectivity index (χ2v) is 8.23. The Hall–Kier alpha value is -3.14. The van der Waals surface area contributed by atoms with Crippen LogP contribution in [0.4, 0.5) is 18.4 Å². The van der Waals surface area contributed by atoms with E-state index in [1.165, 1.54) is 17.9 Å². The van der Waals surface area contributed by atoms with Crippen LogP contribution in [0.1, 0.15) is 45.4 Å². The van der Waals surface area contributed by atoms with Gasteiger partial charge in [0, 0.05) is 44.8 Å². The molecule has 2 aliphatic heterocycles. The summed E-state index contributed by atoms with van der Waals surface area (Å²) in [6, 6.07) is -0.230. The number of likely N-dealkylation sites (tertiary alicyclic amines) is 1. The van der Waals surface area contributed by atoms with Gasteiger partial charge in [0.15, 0.2) is 0 Å². The molecule has 0 bridgehead atoms. The van der Waals surface area contributed by atoms with Gasteiger partial charge in [-0.2, -0.15) is 5.26 Å². The summed E-state index contributed by atoms with van der Waals surface area (Å²) in [7, 11) is 0. The summed E-state index contributed by atoms with van der Waals surface area (Å²) in [5, 5.41) is 22.7. The molecule has 3 rings (SSSR count). The first kappa shape index (κ1) is 23.5. The summed E-state index contributed by atoms with van der Waals surface area (Å²) >= 11 is 0. The third kappa shape index (κ3) is 5.56. The number of alkyl halides is 2. The summed E-state index contributed by atoms with van der Waals surface area (Å²) in [5.41, 5.74) is 0.471. The fourth-order valence-corrected chi connectivity index (χ4v) is 3.53. The maximum atomic E-state index is 14.0. The summed E-state index contributed by atoms with van der Waals surface area (Å²) < 4.78 is 32.6. The molecule has 11 nitrogen and oxygen atoms in total. The molecule has 13 heteroatoms. The van der Waals surface area contributed by atoms with Crippen LogP contribution in [0.3, 0.4) is 0 Å². The van der Waals surface area contributed by atoms with E-state index in [0.29, 0.717) is 25.7 Å². The van der Waals surface area contributed by atoms with Crippen LogP contribution >= 0.6 is 0 Å².